The van der Waals surface area contributed by atoms with Crippen molar-refractivity contribution in [1.29, 1.82) is 0 Å². The van der Waals surface area contributed by atoms with Gasteiger partial charge >= 0.3 is 5.97 Å². The molecule has 0 bridgehead atoms. The molecule has 1 aliphatic heterocycles. The summed E-state index contributed by atoms with van der Waals surface area (Å²) in [5.41, 5.74) is 0.925. The van der Waals surface area contributed by atoms with E-state index in [0.29, 0.717) is 23.5 Å². The predicted molar refractivity (Wildman–Crippen MR) is 74.4 cm³/mol. The number of hydrogen-bond donors (Lipinski definition) is 2. The zero-order chi connectivity index (χ0) is 15.4. The molecular formula is C14H16N2O5. The molecule has 2 amide bonds. The zero-order valence-electron chi connectivity index (χ0n) is 11.6. The van der Waals surface area contributed by atoms with Crippen molar-refractivity contribution in [3.63, 3.8) is 0 Å². The Bertz CT molecular complexity index is 585. The monoisotopic (exact) mass is 292 g/mol. The van der Waals surface area contributed by atoms with Gasteiger partial charge in [-0.1, -0.05) is 0 Å². The van der Waals surface area contributed by atoms with Gasteiger partial charge in [0.2, 0.25) is 0 Å². The largest absolute Gasteiger partial charge is 0.482 e. The number of anilines is 1. The van der Waals surface area contributed by atoms with E-state index in [1.165, 1.54) is 4.90 Å². The number of amides is 2. The Labute approximate surface area is 121 Å². The van der Waals surface area contributed by atoms with Gasteiger partial charge in [-0.3, -0.25) is 14.4 Å². The second-order valence-corrected chi connectivity index (χ2v) is 4.58. The van der Waals surface area contributed by atoms with E-state index >= 15 is 0 Å². The van der Waals surface area contributed by atoms with E-state index in [-0.39, 0.29) is 31.4 Å². The lowest BCUT2D eigenvalue weighted by Crippen LogP contribution is -2.33. The fraction of sp³-hybridized carbons (Fsp3) is 0.357. The number of nitrogens with zero attached hydrogens (tertiary/aromatic N) is 1. The summed E-state index contributed by atoms with van der Waals surface area (Å²) in [6.07, 6.45) is -0.100. The van der Waals surface area contributed by atoms with Gasteiger partial charge in [0, 0.05) is 18.7 Å². The van der Waals surface area contributed by atoms with Crippen LogP contribution < -0.4 is 10.1 Å². The lowest BCUT2D eigenvalue weighted by atomic mass is 10.1. The molecule has 1 heterocycles. The Morgan fingerprint density at radius 2 is 2.19 bits per heavy atom. The number of carboxylic acid groups (broad SMARTS) is 1. The van der Waals surface area contributed by atoms with Gasteiger partial charge in [0.15, 0.2) is 6.61 Å². The van der Waals surface area contributed by atoms with Crippen LogP contribution in [0.1, 0.15) is 23.7 Å². The number of carboxylic acids is 1. The third kappa shape index (κ3) is 3.50. The number of aliphatic carboxylic acids is 1. The molecule has 2 N–H and O–H groups in total. The van der Waals surface area contributed by atoms with Gasteiger partial charge in [-0.25, -0.2) is 0 Å². The van der Waals surface area contributed by atoms with Crippen LogP contribution in [-0.2, 0) is 9.59 Å². The summed E-state index contributed by atoms with van der Waals surface area (Å²) >= 11 is 0. The zero-order valence-corrected chi connectivity index (χ0v) is 11.6. The van der Waals surface area contributed by atoms with E-state index in [9.17, 15) is 14.4 Å². The summed E-state index contributed by atoms with van der Waals surface area (Å²) in [6.45, 7) is 2.27. The number of carbonyl (C=O) groups excluding carboxylic acids is 2. The summed E-state index contributed by atoms with van der Waals surface area (Å²) < 4.78 is 5.26. The average molecular weight is 292 g/mol. The van der Waals surface area contributed by atoms with Crippen LogP contribution in [0.5, 0.6) is 5.75 Å². The van der Waals surface area contributed by atoms with E-state index in [1.54, 1.807) is 25.1 Å². The third-order valence-corrected chi connectivity index (χ3v) is 3.13. The Morgan fingerprint density at radius 3 is 2.86 bits per heavy atom. The van der Waals surface area contributed by atoms with Crippen molar-refractivity contribution in [1.82, 2.24) is 4.90 Å². The molecule has 1 aromatic rings. The summed E-state index contributed by atoms with van der Waals surface area (Å²) in [4.78, 5) is 35.6. The smallest absolute Gasteiger partial charge is 0.305 e. The lowest BCUT2D eigenvalue weighted by Gasteiger charge is -2.22. The number of ether oxygens (including phenoxy) is 1. The topological polar surface area (TPSA) is 95.9 Å². The highest BCUT2D eigenvalue weighted by Gasteiger charge is 2.20. The van der Waals surface area contributed by atoms with E-state index in [0.717, 1.165) is 0 Å². The first-order valence-corrected chi connectivity index (χ1v) is 6.59. The van der Waals surface area contributed by atoms with Crippen LogP contribution in [0.3, 0.4) is 0 Å². The van der Waals surface area contributed by atoms with Gasteiger partial charge in [0.25, 0.3) is 11.8 Å². The second-order valence-electron chi connectivity index (χ2n) is 4.58. The standard InChI is InChI=1S/C14H16N2O5/c1-2-16(6-5-13(18)19)14(20)9-3-4-10-11(7-9)21-8-12(17)15-10/h3-4,7H,2,5-6,8H2,1H3,(H,15,17)(H,18,19). The molecule has 7 nitrogen and oxygen atoms in total. The number of fused-ring (bicyclic) bond motifs is 1. The molecule has 7 heteroatoms. The summed E-state index contributed by atoms with van der Waals surface area (Å²) in [6, 6.07) is 4.74. The molecule has 1 aliphatic rings. The number of rotatable bonds is 5. The Hall–Kier alpha value is -2.57. The van der Waals surface area contributed by atoms with E-state index < -0.39 is 5.97 Å². The predicted octanol–water partition coefficient (Wildman–Crippen LogP) is 0.954. The van der Waals surface area contributed by atoms with Crippen molar-refractivity contribution in [3.8, 4) is 5.75 Å². The Kier molecular flexibility index (Phi) is 4.42. The normalized spacial score (nSPS) is 12.9. The Morgan fingerprint density at radius 1 is 1.43 bits per heavy atom. The number of carbonyl (C=O) groups is 3. The summed E-state index contributed by atoms with van der Waals surface area (Å²) in [5.74, 6) is -1.01. The van der Waals surface area contributed by atoms with Gasteiger partial charge in [-0.2, -0.15) is 0 Å². The molecule has 0 saturated heterocycles. The molecule has 0 saturated carbocycles. The number of benzene rings is 1. The van der Waals surface area contributed by atoms with Crippen molar-refractivity contribution in [2.75, 3.05) is 25.0 Å². The van der Waals surface area contributed by atoms with E-state index in [1.807, 2.05) is 0 Å². The summed E-state index contributed by atoms with van der Waals surface area (Å²) in [5, 5.41) is 11.3. The minimum Gasteiger partial charge on any atom is -0.482 e. The molecule has 21 heavy (non-hydrogen) atoms. The van der Waals surface area contributed by atoms with Gasteiger partial charge in [0.05, 0.1) is 12.1 Å². The quantitative estimate of drug-likeness (QED) is 0.842. The average Bonchev–Trinajstić information content (AvgIpc) is 2.46. The van der Waals surface area contributed by atoms with Crippen LogP contribution in [0.2, 0.25) is 0 Å². The Balaban J connectivity index is 2.15. The molecule has 0 spiro atoms. The molecule has 112 valence electrons. The second kappa shape index (κ2) is 6.25. The molecule has 0 aromatic heterocycles. The maximum Gasteiger partial charge on any atom is 0.305 e. The third-order valence-electron chi connectivity index (χ3n) is 3.13. The molecule has 0 unspecified atom stereocenters. The van der Waals surface area contributed by atoms with E-state index in [2.05, 4.69) is 5.32 Å². The molecule has 0 atom stereocenters. The molecule has 0 fully saturated rings. The minimum absolute atomic E-state index is 0.0822. The number of hydrogen-bond acceptors (Lipinski definition) is 4. The van der Waals surface area contributed by atoms with Crippen molar-refractivity contribution in [3.05, 3.63) is 23.8 Å². The molecular weight excluding hydrogens is 276 g/mol. The first kappa shape index (κ1) is 14.8. The van der Waals surface area contributed by atoms with Crippen LogP contribution >= 0.6 is 0 Å². The van der Waals surface area contributed by atoms with Gasteiger partial charge in [0.1, 0.15) is 5.75 Å². The van der Waals surface area contributed by atoms with Crippen molar-refractivity contribution in [2.45, 2.75) is 13.3 Å². The fourth-order valence-electron chi connectivity index (χ4n) is 2.02. The van der Waals surface area contributed by atoms with Crippen LogP contribution in [0.25, 0.3) is 0 Å². The van der Waals surface area contributed by atoms with Crippen LogP contribution in [-0.4, -0.2) is 47.5 Å². The minimum atomic E-state index is -0.947. The first-order chi connectivity index (χ1) is 10.0. The van der Waals surface area contributed by atoms with Gasteiger partial charge in [-0.15, -0.1) is 0 Å². The highest BCUT2D eigenvalue weighted by molar-refractivity contribution is 5.99. The molecule has 0 radical (unpaired) electrons. The molecule has 0 aliphatic carbocycles. The highest BCUT2D eigenvalue weighted by Crippen LogP contribution is 2.28. The molecule has 2 rings (SSSR count). The number of nitrogens with one attached hydrogen (secondary N) is 1. The maximum absolute atomic E-state index is 12.3. The van der Waals surface area contributed by atoms with Crippen LogP contribution in [0.15, 0.2) is 18.2 Å². The van der Waals surface area contributed by atoms with Crippen molar-refractivity contribution < 1.29 is 24.2 Å². The fourth-order valence-corrected chi connectivity index (χ4v) is 2.02. The van der Waals surface area contributed by atoms with Crippen LogP contribution in [0, 0.1) is 0 Å². The maximum atomic E-state index is 12.3. The van der Waals surface area contributed by atoms with Crippen LogP contribution in [0.4, 0.5) is 5.69 Å². The lowest BCUT2D eigenvalue weighted by molar-refractivity contribution is -0.137. The van der Waals surface area contributed by atoms with E-state index in [4.69, 9.17) is 9.84 Å². The van der Waals surface area contributed by atoms with Crippen molar-refractivity contribution in [2.24, 2.45) is 0 Å². The van der Waals surface area contributed by atoms with Crippen molar-refractivity contribution >= 4 is 23.5 Å². The first-order valence-electron chi connectivity index (χ1n) is 6.59. The van der Waals surface area contributed by atoms with Gasteiger partial charge < -0.3 is 20.1 Å². The molecule has 1 aromatic carbocycles. The highest BCUT2D eigenvalue weighted by atomic mass is 16.5. The van der Waals surface area contributed by atoms with Gasteiger partial charge in [-0.05, 0) is 25.1 Å². The SMILES string of the molecule is CCN(CCC(=O)O)C(=O)c1ccc2c(c1)OCC(=O)N2. The summed E-state index contributed by atoms with van der Waals surface area (Å²) in [7, 11) is 0.